The van der Waals surface area contributed by atoms with E-state index in [2.05, 4.69) is 15.3 Å². The Hall–Kier alpha value is -2.02. The number of fused-ring (bicyclic) bond motifs is 1. The molecule has 3 heterocycles. The number of carbonyl (C=O) groups is 2. The van der Waals surface area contributed by atoms with Crippen LogP contribution in [0.5, 0.6) is 0 Å². The second-order valence-corrected chi connectivity index (χ2v) is 6.57. The predicted octanol–water partition coefficient (Wildman–Crippen LogP) is 2.38. The molecule has 2 amide bonds. The lowest BCUT2D eigenvalue weighted by Crippen LogP contribution is -2.36. The summed E-state index contributed by atoms with van der Waals surface area (Å²) in [6.07, 6.45) is 1.86. The van der Waals surface area contributed by atoms with Crippen molar-refractivity contribution in [2.24, 2.45) is 0 Å². The van der Waals surface area contributed by atoms with Gasteiger partial charge in [-0.25, -0.2) is 4.98 Å². The van der Waals surface area contributed by atoms with Crippen molar-refractivity contribution in [3.63, 3.8) is 0 Å². The monoisotopic (exact) mass is 318 g/mol. The largest absolute Gasteiger partial charge is 0.343 e. The summed E-state index contributed by atoms with van der Waals surface area (Å²) in [5, 5.41) is 3.28. The SMILES string of the molecule is CC(=O)Nc1nc2nc(C3CCN(C(C)=O)CC3)ccc2s1. The Morgan fingerprint density at radius 2 is 1.95 bits per heavy atom. The molecule has 0 aliphatic carbocycles. The number of hydrogen-bond acceptors (Lipinski definition) is 5. The fourth-order valence-electron chi connectivity index (χ4n) is 2.75. The Balaban J connectivity index is 1.77. The molecule has 0 atom stereocenters. The molecule has 0 bridgehead atoms. The van der Waals surface area contributed by atoms with Gasteiger partial charge in [0.1, 0.15) is 0 Å². The van der Waals surface area contributed by atoms with Crippen LogP contribution in [0.4, 0.5) is 5.13 Å². The average Bonchev–Trinajstić information content (AvgIpc) is 2.87. The number of piperidine rings is 1. The quantitative estimate of drug-likeness (QED) is 0.922. The van der Waals surface area contributed by atoms with E-state index in [9.17, 15) is 9.59 Å². The maximum absolute atomic E-state index is 11.4. The predicted molar refractivity (Wildman–Crippen MR) is 85.9 cm³/mol. The van der Waals surface area contributed by atoms with Crippen LogP contribution in [0.25, 0.3) is 10.3 Å². The van der Waals surface area contributed by atoms with Crippen LogP contribution in [0.15, 0.2) is 12.1 Å². The van der Waals surface area contributed by atoms with Gasteiger partial charge in [0.2, 0.25) is 11.8 Å². The summed E-state index contributed by atoms with van der Waals surface area (Å²) >= 11 is 1.43. The van der Waals surface area contributed by atoms with Gasteiger partial charge in [0.25, 0.3) is 0 Å². The zero-order valence-electron chi connectivity index (χ0n) is 12.6. The molecule has 22 heavy (non-hydrogen) atoms. The van der Waals surface area contributed by atoms with Crippen molar-refractivity contribution < 1.29 is 9.59 Å². The first-order valence-electron chi connectivity index (χ1n) is 7.33. The Morgan fingerprint density at radius 3 is 2.59 bits per heavy atom. The smallest absolute Gasteiger partial charge is 0.223 e. The van der Waals surface area contributed by atoms with Crippen LogP contribution in [-0.2, 0) is 9.59 Å². The molecule has 2 aromatic rings. The molecule has 0 saturated carbocycles. The Kier molecular flexibility index (Phi) is 4.06. The molecule has 0 radical (unpaired) electrons. The third kappa shape index (κ3) is 3.09. The van der Waals surface area contributed by atoms with Gasteiger partial charge in [-0.1, -0.05) is 11.3 Å². The summed E-state index contributed by atoms with van der Waals surface area (Å²) < 4.78 is 0.966. The van der Waals surface area contributed by atoms with Gasteiger partial charge >= 0.3 is 0 Å². The lowest BCUT2D eigenvalue weighted by Gasteiger charge is -2.30. The van der Waals surface area contributed by atoms with E-state index in [1.807, 2.05) is 17.0 Å². The maximum atomic E-state index is 11.4. The van der Waals surface area contributed by atoms with E-state index in [0.717, 1.165) is 36.3 Å². The van der Waals surface area contributed by atoms with Crippen molar-refractivity contribution in [1.82, 2.24) is 14.9 Å². The molecule has 7 heteroatoms. The van der Waals surface area contributed by atoms with Crippen molar-refractivity contribution in [2.45, 2.75) is 32.6 Å². The van der Waals surface area contributed by atoms with Crippen molar-refractivity contribution in [3.8, 4) is 0 Å². The lowest BCUT2D eigenvalue weighted by atomic mass is 9.93. The summed E-state index contributed by atoms with van der Waals surface area (Å²) in [6, 6.07) is 4.05. The van der Waals surface area contributed by atoms with Crippen LogP contribution in [0.3, 0.4) is 0 Å². The molecule has 1 aliphatic rings. The minimum Gasteiger partial charge on any atom is -0.343 e. The summed E-state index contributed by atoms with van der Waals surface area (Å²) in [7, 11) is 0. The van der Waals surface area contributed by atoms with Crippen LogP contribution in [-0.4, -0.2) is 39.8 Å². The first-order valence-corrected chi connectivity index (χ1v) is 8.15. The van der Waals surface area contributed by atoms with Crippen LogP contribution < -0.4 is 5.32 Å². The summed E-state index contributed by atoms with van der Waals surface area (Å²) in [5.74, 6) is 0.378. The number of nitrogens with zero attached hydrogens (tertiary/aromatic N) is 3. The molecular formula is C15H18N4O2S. The molecule has 1 fully saturated rings. The molecule has 116 valence electrons. The molecule has 1 N–H and O–H groups in total. The highest BCUT2D eigenvalue weighted by Crippen LogP contribution is 2.30. The zero-order chi connectivity index (χ0) is 15.7. The molecule has 0 aromatic carbocycles. The van der Waals surface area contributed by atoms with Crippen molar-refractivity contribution in [2.75, 3.05) is 18.4 Å². The highest BCUT2D eigenvalue weighted by molar-refractivity contribution is 7.22. The minimum absolute atomic E-state index is 0.129. The number of pyridine rings is 1. The Morgan fingerprint density at radius 1 is 1.23 bits per heavy atom. The Bertz CT molecular complexity index is 719. The Labute approximate surface area is 132 Å². The maximum Gasteiger partial charge on any atom is 0.223 e. The average molecular weight is 318 g/mol. The van der Waals surface area contributed by atoms with Crippen LogP contribution in [0.1, 0.15) is 38.3 Å². The molecule has 3 rings (SSSR count). The van der Waals surface area contributed by atoms with Gasteiger partial charge in [-0.3, -0.25) is 9.59 Å². The number of nitrogens with one attached hydrogen (secondary N) is 1. The van der Waals surface area contributed by atoms with Crippen molar-refractivity contribution >= 4 is 38.6 Å². The summed E-state index contributed by atoms with van der Waals surface area (Å²) in [5.41, 5.74) is 1.70. The minimum atomic E-state index is -0.129. The van der Waals surface area contributed by atoms with E-state index in [0.29, 0.717) is 16.7 Å². The fraction of sp³-hybridized carbons (Fsp3) is 0.467. The number of carbonyl (C=O) groups excluding carboxylic acids is 2. The highest BCUT2D eigenvalue weighted by atomic mass is 32.1. The molecular weight excluding hydrogens is 300 g/mol. The van der Waals surface area contributed by atoms with Gasteiger partial charge in [0.05, 0.1) is 4.70 Å². The fourth-order valence-corrected chi connectivity index (χ4v) is 3.61. The summed E-state index contributed by atoms with van der Waals surface area (Å²) in [4.78, 5) is 33.4. The number of likely N-dealkylation sites (tertiary alicyclic amines) is 1. The number of thiazole rings is 1. The molecule has 6 nitrogen and oxygen atoms in total. The standard InChI is InChI=1S/C15H18N4O2S/c1-9(20)16-15-18-14-13(22-15)4-3-12(17-14)11-5-7-19(8-6-11)10(2)21/h3-4,11H,5-8H2,1-2H3,(H,16,17,18,20). The van der Waals surface area contributed by atoms with E-state index in [-0.39, 0.29) is 11.8 Å². The number of aromatic nitrogens is 2. The van der Waals surface area contributed by atoms with E-state index in [4.69, 9.17) is 0 Å². The molecule has 1 aliphatic heterocycles. The van der Waals surface area contributed by atoms with Crippen LogP contribution >= 0.6 is 11.3 Å². The molecule has 1 saturated heterocycles. The van der Waals surface area contributed by atoms with Gasteiger partial charge in [-0.05, 0) is 25.0 Å². The van der Waals surface area contributed by atoms with Crippen molar-refractivity contribution in [1.29, 1.82) is 0 Å². The highest BCUT2D eigenvalue weighted by Gasteiger charge is 2.23. The first kappa shape index (κ1) is 14.9. The van der Waals surface area contributed by atoms with Crippen LogP contribution in [0, 0.1) is 0 Å². The van der Waals surface area contributed by atoms with E-state index in [1.54, 1.807) is 6.92 Å². The third-order valence-electron chi connectivity index (χ3n) is 3.92. The molecule has 2 aromatic heterocycles. The second-order valence-electron chi connectivity index (χ2n) is 5.54. The van der Waals surface area contributed by atoms with Crippen LogP contribution in [0.2, 0.25) is 0 Å². The van der Waals surface area contributed by atoms with E-state index >= 15 is 0 Å². The third-order valence-corrected chi connectivity index (χ3v) is 4.84. The lowest BCUT2D eigenvalue weighted by molar-refractivity contribution is -0.129. The zero-order valence-corrected chi connectivity index (χ0v) is 13.4. The number of anilines is 1. The summed E-state index contributed by atoms with van der Waals surface area (Å²) in [6.45, 7) is 4.65. The van der Waals surface area contributed by atoms with Gasteiger partial charge in [0, 0.05) is 38.5 Å². The first-order chi connectivity index (χ1) is 10.5. The van der Waals surface area contributed by atoms with Gasteiger partial charge in [-0.2, -0.15) is 4.98 Å². The van der Waals surface area contributed by atoms with Crippen molar-refractivity contribution in [3.05, 3.63) is 17.8 Å². The van der Waals surface area contributed by atoms with E-state index in [1.165, 1.54) is 18.3 Å². The van der Waals surface area contributed by atoms with Gasteiger partial charge in [-0.15, -0.1) is 0 Å². The topological polar surface area (TPSA) is 75.2 Å². The molecule has 0 spiro atoms. The normalized spacial score (nSPS) is 16.0. The van der Waals surface area contributed by atoms with Gasteiger partial charge < -0.3 is 10.2 Å². The molecule has 0 unspecified atom stereocenters. The second kappa shape index (κ2) is 6.00. The van der Waals surface area contributed by atoms with E-state index < -0.39 is 0 Å². The number of amides is 2. The number of hydrogen-bond donors (Lipinski definition) is 1. The number of rotatable bonds is 2. The van der Waals surface area contributed by atoms with Gasteiger partial charge in [0.15, 0.2) is 10.8 Å².